The Hall–Kier alpha value is -1.58. The van der Waals surface area contributed by atoms with Gasteiger partial charge in [0.25, 0.3) is 0 Å². The van der Waals surface area contributed by atoms with E-state index in [1.54, 1.807) is 31.4 Å². The van der Waals surface area contributed by atoms with Gasteiger partial charge in [-0.25, -0.2) is 0 Å². The minimum absolute atomic E-state index is 0.0698. The van der Waals surface area contributed by atoms with Crippen LogP contribution in [0.5, 0.6) is 0 Å². The molecule has 0 N–H and O–H groups in total. The molecule has 1 heterocycles. The number of hydrogen-bond acceptors (Lipinski definition) is 3. The Balaban J connectivity index is 2.07. The van der Waals surface area contributed by atoms with E-state index in [4.69, 9.17) is 20.8 Å². The van der Waals surface area contributed by atoms with Gasteiger partial charge in [-0.05, 0) is 29.8 Å². The van der Waals surface area contributed by atoms with Crippen molar-refractivity contribution >= 4 is 17.4 Å². The number of ketones is 1. The first kappa shape index (κ1) is 12.9. The second-order valence-corrected chi connectivity index (χ2v) is 4.37. The average molecular weight is 265 g/mol. The number of carbonyl (C=O) groups excluding carboxylic acids is 1. The van der Waals surface area contributed by atoms with E-state index in [0.717, 1.165) is 5.56 Å². The van der Waals surface area contributed by atoms with Crippen molar-refractivity contribution in [1.82, 2.24) is 0 Å². The smallest absolute Gasteiger partial charge is 0.202 e. The zero-order valence-corrected chi connectivity index (χ0v) is 10.7. The van der Waals surface area contributed by atoms with Gasteiger partial charge in [0.05, 0.1) is 0 Å². The van der Waals surface area contributed by atoms with Crippen molar-refractivity contribution in [3.8, 4) is 0 Å². The van der Waals surface area contributed by atoms with Crippen LogP contribution >= 0.6 is 11.6 Å². The molecule has 3 nitrogen and oxygen atoms in total. The fourth-order valence-corrected chi connectivity index (χ4v) is 1.88. The predicted octanol–water partition coefficient (Wildman–Crippen LogP) is 3.50. The first-order valence-corrected chi connectivity index (χ1v) is 5.92. The second kappa shape index (κ2) is 5.85. The van der Waals surface area contributed by atoms with Crippen LogP contribution in [0.3, 0.4) is 0 Å². The molecule has 1 aromatic carbocycles. The minimum Gasteiger partial charge on any atom is -0.456 e. The summed E-state index contributed by atoms with van der Waals surface area (Å²) >= 11 is 5.87. The van der Waals surface area contributed by atoms with E-state index in [1.807, 2.05) is 12.1 Å². The van der Waals surface area contributed by atoms with Gasteiger partial charge in [-0.3, -0.25) is 4.79 Å². The second-order valence-electron chi connectivity index (χ2n) is 3.93. The highest BCUT2D eigenvalue weighted by Gasteiger charge is 2.12. The summed E-state index contributed by atoms with van der Waals surface area (Å²) in [5.41, 5.74) is 0.872. The van der Waals surface area contributed by atoms with E-state index in [0.29, 0.717) is 23.2 Å². The number of Topliss-reactive ketones (excluding diaryl/α,β-unsaturated/α-hetero) is 1. The SMILES string of the molecule is COCc1ccc(C(=O)Cc2cccc(Cl)c2)o1. The fourth-order valence-electron chi connectivity index (χ4n) is 1.67. The number of methoxy groups -OCH3 is 1. The van der Waals surface area contributed by atoms with E-state index in [1.165, 1.54) is 0 Å². The van der Waals surface area contributed by atoms with E-state index in [2.05, 4.69) is 0 Å². The Kier molecular flexibility index (Phi) is 4.18. The summed E-state index contributed by atoms with van der Waals surface area (Å²) in [6.07, 6.45) is 0.278. The molecule has 0 saturated carbocycles. The van der Waals surface area contributed by atoms with Gasteiger partial charge in [0.15, 0.2) is 5.76 Å². The molecule has 0 radical (unpaired) electrons. The molecule has 1 aromatic heterocycles. The van der Waals surface area contributed by atoms with E-state index < -0.39 is 0 Å². The number of rotatable bonds is 5. The lowest BCUT2D eigenvalue weighted by atomic mass is 10.1. The Bertz CT molecular complexity index is 545. The van der Waals surface area contributed by atoms with Crippen molar-refractivity contribution in [1.29, 1.82) is 0 Å². The summed E-state index contributed by atoms with van der Waals surface area (Å²) in [4.78, 5) is 12.0. The van der Waals surface area contributed by atoms with Gasteiger partial charge in [0.1, 0.15) is 12.4 Å². The van der Waals surface area contributed by atoms with Gasteiger partial charge < -0.3 is 9.15 Å². The third-order valence-electron chi connectivity index (χ3n) is 2.48. The van der Waals surface area contributed by atoms with Crippen LogP contribution in [0.25, 0.3) is 0 Å². The number of hydrogen-bond donors (Lipinski definition) is 0. The van der Waals surface area contributed by atoms with Crippen LogP contribution in [0.15, 0.2) is 40.8 Å². The van der Waals surface area contributed by atoms with Gasteiger partial charge in [-0.15, -0.1) is 0 Å². The molecule has 0 spiro atoms. The molecule has 4 heteroatoms. The fraction of sp³-hybridized carbons (Fsp3) is 0.214. The first-order valence-electron chi connectivity index (χ1n) is 5.54. The maximum Gasteiger partial charge on any atom is 0.202 e. The number of carbonyl (C=O) groups is 1. The molecular formula is C14H13ClO3. The Morgan fingerprint density at radius 3 is 2.89 bits per heavy atom. The molecular weight excluding hydrogens is 252 g/mol. The van der Waals surface area contributed by atoms with Crippen molar-refractivity contribution in [2.45, 2.75) is 13.0 Å². The van der Waals surface area contributed by atoms with E-state index in [-0.39, 0.29) is 12.2 Å². The average Bonchev–Trinajstić information content (AvgIpc) is 2.78. The maximum absolute atomic E-state index is 12.0. The van der Waals surface area contributed by atoms with E-state index >= 15 is 0 Å². The van der Waals surface area contributed by atoms with Crippen LogP contribution in [0.2, 0.25) is 5.02 Å². The summed E-state index contributed by atoms with van der Waals surface area (Å²) in [5.74, 6) is 0.925. The third-order valence-corrected chi connectivity index (χ3v) is 2.71. The van der Waals surface area contributed by atoms with Gasteiger partial charge in [0, 0.05) is 18.6 Å². The highest BCUT2D eigenvalue weighted by atomic mass is 35.5. The lowest BCUT2D eigenvalue weighted by Gasteiger charge is -1.99. The van der Waals surface area contributed by atoms with Crippen LogP contribution in [0, 0.1) is 0 Å². The molecule has 0 atom stereocenters. The van der Waals surface area contributed by atoms with Crippen molar-refractivity contribution in [2.75, 3.05) is 7.11 Å². The molecule has 18 heavy (non-hydrogen) atoms. The molecule has 0 aliphatic carbocycles. The number of halogens is 1. The van der Waals surface area contributed by atoms with Crippen molar-refractivity contribution in [3.05, 3.63) is 58.5 Å². The Morgan fingerprint density at radius 1 is 1.33 bits per heavy atom. The van der Waals surface area contributed by atoms with Crippen LogP contribution in [-0.4, -0.2) is 12.9 Å². The van der Waals surface area contributed by atoms with E-state index in [9.17, 15) is 4.79 Å². The molecule has 0 unspecified atom stereocenters. The standard InChI is InChI=1S/C14H13ClO3/c1-17-9-12-5-6-14(18-12)13(16)8-10-3-2-4-11(15)7-10/h2-7H,8-9H2,1H3. The highest BCUT2D eigenvalue weighted by molar-refractivity contribution is 6.30. The molecule has 0 aliphatic heterocycles. The van der Waals surface area contributed by atoms with Crippen LogP contribution < -0.4 is 0 Å². The zero-order chi connectivity index (χ0) is 13.0. The highest BCUT2D eigenvalue weighted by Crippen LogP contribution is 2.15. The molecule has 0 aliphatic rings. The summed E-state index contributed by atoms with van der Waals surface area (Å²) in [5, 5.41) is 0.625. The lowest BCUT2D eigenvalue weighted by molar-refractivity contribution is 0.0957. The third kappa shape index (κ3) is 3.22. The van der Waals surface area contributed by atoms with Crippen molar-refractivity contribution in [3.63, 3.8) is 0 Å². The van der Waals surface area contributed by atoms with Gasteiger partial charge in [-0.2, -0.15) is 0 Å². The molecule has 0 amide bonds. The van der Waals surface area contributed by atoms with Gasteiger partial charge >= 0.3 is 0 Å². The maximum atomic E-state index is 12.0. The van der Waals surface area contributed by atoms with Crippen LogP contribution in [0.1, 0.15) is 21.9 Å². The van der Waals surface area contributed by atoms with Gasteiger partial charge in [-0.1, -0.05) is 23.7 Å². The largest absolute Gasteiger partial charge is 0.456 e. The summed E-state index contributed by atoms with van der Waals surface area (Å²) < 4.78 is 10.3. The summed E-state index contributed by atoms with van der Waals surface area (Å²) in [7, 11) is 1.58. The lowest BCUT2D eigenvalue weighted by Crippen LogP contribution is -2.01. The summed E-state index contributed by atoms with van der Waals surface area (Å²) in [6, 6.07) is 10.7. The molecule has 2 rings (SSSR count). The molecule has 0 saturated heterocycles. The molecule has 0 bridgehead atoms. The normalized spacial score (nSPS) is 10.6. The van der Waals surface area contributed by atoms with Gasteiger partial charge in [0.2, 0.25) is 5.78 Å². The monoisotopic (exact) mass is 264 g/mol. The summed E-state index contributed by atoms with van der Waals surface area (Å²) in [6.45, 7) is 0.366. The number of furan rings is 1. The zero-order valence-electron chi connectivity index (χ0n) is 9.98. The van der Waals surface area contributed by atoms with Crippen molar-refractivity contribution in [2.24, 2.45) is 0 Å². The molecule has 94 valence electrons. The quantitative estimate of drug-likeness (QED) is 0.776. The van der Waals surface area contributed by atoms with Crippen molar-refractivity contribution < 1.29 is 13.9 Å². The topological polar surface area (TPSA) is 39.4 Å². The van der Waals surface area contributed by atoms with Crippen LogP contribution in [0.4, 0.5) is 0 Å². The molecule has 2 aromatic rings. The minimum atomic E-state index is -0.0698. The Morgan fingerprint density at radius 2 is 2.17 bits per heavy atom. The predicted molar refractivity (Wildman–Crippen MR) is 68.9 cm³/mol. The first-order chi connectivity index (χ1) is 8.69. The Labute approximate surface area is 110 Å². The molecule has 0 fully saturated rings. The van der Waals surface area contributed by atoms with Crippen LogP contribution in [-0.2, 0) is 17.8 Å². The number of benzene rings is 1. The number of ether oxygens (including phenoxy) is 1.